The molecule has 0 radical (unpaired) electrons. The Labute approximate surface area is 196 Å². The minimum Gasteiger partial charge on any atom is -0.497 e. The number of amides is 1. The van der Waals surface area contributed by atoms with Crippen molar-refractivity contribution in [3.8, 4) is 5.75 Å². The van der Waals surface area contributed by atoms with Gasteiger partial charge in [0, 0.05) is 14.1 Å². The zero-order valence-electron chi connectivity index (χ0n) is 19.2. The Balaban J connectivity index is 1.49. The molecule has 34 heavy (non-hydrogen) atoms. The molecule has 0 aliphatic carbocycles. The molecule has 1 fully saturated rings. The van der Waals surface area contributed by atoms with Crippen LogP contribution in [0.5, 0.6) is 5.75 Å². The van der Waals surface area contributed by atoms with Crippen LogP contribution in [-0.4, -0.2) is 87.7 Å². The first-order chi connectivity index (χ1) is 16.3. The van der Waals surface area contributed by atoms with Crippen molar-refractivity contribution < 1.29 is 24.5 Å². The normalized spacial score (nSPS) is 23.1. The van der Waals surface area contributed by atoms with Crippen molar-refractivity contribution in [2.24, 2.45) is 5.73 Å². The van der Waals surface area contributed by atoms with Gasteiger partial charge in [0.2, 0.25) is 5.91 Å². The summed E-state index contributed by atoms with van der Waals surface area (Å²) in [5.74, 6) is 0.861. The average molecular weight is 472 g/mol. The van der Waals surface area contributed by atoms with E-state index < -0.39 is 43.0 Å². The number of rotatable bonds is 8. The van der Waals surface area contributed by atoms with Crippen LogP contribution in [-0.2, 0) is 16.0 Å². The Bertz CT molecular complexity index is 1140. The average Bonchev–Trinajstić information content (AvgIpc) is 3.40. The summed E-state index contributed by atoms with van der Waals surface area (Å²) in [6, 6.07) is 5.52. The highest BCUT2D eigenvalue weighted by molar-refractivity contribution is 5.83. The van der Waals surface area contributed by atoms with E-state index in [1.54, 1.807) is 28.7 Å². The molecule has 5 atom stereocenters. The van der Waals surface area contributed by atoms with Crippen molar-refractivity contribution in [2.45, 2.75) is 36.9 Å². The Morgan fingerprint density at radius 1 is 1.29 bits per heavy atom. The highest BCUT2D eigenvalue weighted by Gasteiger charge is 2.46. The molecule has 0 spiro atoms. The lowest BCUT2D eigenvalue weighted by atomic mass is 10.0. The molecule has 1 aliphatic heterocycles. The monoisotopic (exact) mass is 471 g/mol. The number of methoxy groups -OCH3 is 1. The summed E-state index contributed by atoms with van der Waals surface area (Å²) in [6.45, 7) is -0.406. The molecular formula is C22H29N7O5. The van der Waals surface area contributed by atoms with Gasteiger partial charge >= 0.3 is 0 Å². The minimum atomic E-state index is -1.18. The van der Waals surface area contributed by atoms with Crippen LogP contribution in [0.3, 0.4) is 0 Å². The molecule has 1 amide bonds. The second kappa shape index (κ2) is 9.89. The third-order valence-electron chi connectivity index (χ3n) is 5.85. The number of benzene rings is 1. The number of aliphatic hydroxyl groups is 2. The van der Waals surface area contributed by atoms with E-state index in [1.807, 2.05) is 26.2 Å². The fraction of sp³-hybridized carbons (Fsp3) is 0.455. The predicted octanol–water partition coefficient (Wildman–Crippen LogP) is -0.794. The third-order valence-corrected chi connectivity index (χ3v) is 5.85. The van der Waals surface area contributed by atoms with Crippen molar-refractivity contribution in [3.05, 3.63) is 42.5 Å². The van der Waals surface area contributed by atoms with Gasteiger partial charge in [-0.3, -0.25) is 9.36 Å². The maximum absolute atomic E-state index is 12.8. The van der Waals surface area contributed by atoms with Gasteiger partial charge in [0.05, 0.1) is 32.1 Å². The number of carbonyl (C=O) groups is 1. The van der Waals surface area contributed by atoms with E-state index in [1.165, 1.54) is 12.7 Å². The van der Waals surface area contributed by atoms with Crippen molar-refractivity contribution in [2.75, 3.05) is 32.7 Å². The maximum atomic E-state index is 12.8. The summed E-state index contributed by atoms with van der Waals surface area (Å²) < 4.78 is 12.6. The summed E-state index contributed by atoms with van der Waals surface area (Å²) in [6.07, 6.45) is 0.250. The Morgan fingerprint density at radius 3 is 2.68 bits per heavy atom. The highest BCUT2D eigenvalue weighted by atomic mass is 16.5. The fourth-order valence-corrected chi connectivity index (χ4v) is 4.04. The quantitative estimate of drug-likeness (QED) is 0.328. The number of carbonyl (C=O) groups excluding carboxylic acids is 1. The van der Waals surface area contributed by atoms with Crippen LogP contribution in [0, 0.1) is 0 Å². The van der Waals surface area contributed by atoms with Crippen LogP contribution in [0.4, 0.5) is 5.82 Å². The molecule has 0 unspecified atom stereocenters. The van der Waals surface area contributed by atoms with Gasteiger partial charge in [-0.25, -0.2) is 15.0 Å². The molecule has 1 aliphatic rings. The number of aromatic nitrogens is 4. The molecule has 1 saturated heterocycles. The van der Waals surface area contributed by atoms with Crippen LogP contribution in [0.2, 0.25) is 0 Å². The van der Waals surface area contributed by atoms with E-state index in [0.717, 1.165) is 5.56 Å². The standard InChI is InChI=1S/C22H29N7O5/c1-28(2)19-17-20(25-10-24-19)29(11-26-17)22-18(31)16(15(9-30)34-22)27-21(32)14(23)8-12-4-6-13(33-3)7-5-12/h4-7,10-11,14-16,18,22,30-31H,8-9,23H2,1-3H3,(H,27,32)/t14-,15+,16-,18-,22+/m1/s1. The summed E-state index contributed by atoms with van der Waals surface area (Å²) in [7, 11) is 5.25. The van der Waals surface area contributed by atoms with Crippen molar-refractivity contribution >= 4 is 22.9 Å². The number of anilines is 1. The highest BCUT2D eigenvalue weighted by Crippen LogP contribution is 2.32. The van der Waals surface area contributed by atoms with E-state index in [9.17, 15) is 15.0 Å². The summed E-state index contributed by atoms with van der Waals surface area (Å²) in [5.41, 5.74) is 7.98. The molecule has 182 valence electrons. The number of fused-ring (bicyclic) bond motifs is 1. The molecule has 0 bridgehead atoms. The van der Waals surface area contributed by atoms with Crippen molar-refractivity contribution in [1.82, 2.24) is 24.8 Å². The second-order valence-corrected chi connectivity index (χ2v) is 8.35. The first-order valence-corrected chi connectivity index (χ1v) is 10.8. The van der Waals surface area contributed by atoms with Gasteiger partial charge in [0.25, 0.3) is 0 Å². The summed E-state index contributed by atoms with van der Waals surface area (Å²) in [4.78, 5) is 27.5. The number of nitrogens with zero attached hydrogens (tertiary/aromatic N) is 5. The van der Waals surface area contributed by atoms with E-state index in [4.69, 9.17) is 15.2 Å². The molecule has 12 nitrogen and oxygen atoms in total. The molecule has 3 heterocycles. The van der Waals surface area contributed by atoms with E-state index >= 15 is 0 Å². The number of aliphatic hydroxyl groups excluding tert-OH is 2. The number of nitrogens with two attached hydrogens (primary N) is 1. The lowest BCUT2D eigenvalue weighted by molar-refractivity contribution is -0.124. The van der Waals surface area contributed by atoms with Gasteiger partial charge < -0.3 is 35.6 Å². The van der Waals surface area contributed by atoms with Gasteiger partial charge in [-0.15, -0.1) is 0 Å². The molecule has 5 N–H and O–H groups in total. The maximum Gasteiger partial charge on any atom is 0.237 e. The Morgan fingerprint density at radius 2 is 2.03 bits per heavy atom. The molecule has 12 heteroatoms. The third kappa shape index (κ3) is 4.53. The fourth-order valence-electron chi connectivity index (χ4n) is 4.04. The van der Waals surface area contributed by atoms with Crippen molar-refractivity contribution in [1.29, 1.82) is 0 Å². The molecular weight excluding hydrogens is 442 g/mol. The Hall–Kier alpha value is -3.32. The number of hydrogen-bond acceptors (Lipinski definition) is 10. The van der Waals surface area contributed by atoms with Gasteiger partial charge in [-0.05, 0) is 24.1 Å². The summed E-state index contributed by atoms with van der Waals surface area (Å²) >= 11 is 0. The molecule has 2 aromatic heterocycles. The zero-order chi connectivity index (χ0) is 24.4. The smallest absolute Gasteiger partial charge is 0.237 e. The van der Waals surface area contributed by atoms with E-state index in [2.05, 4.69) is 20.3 Å². The second-order valence-electron chi connectivity index (χ2n) is 8.35. The minimum absolute atomic E-state index is 0.295. The number of imidazole rings is 1. The van der Waals surface area contributed by atoms with E-state index in [-0.39, 0.29) is 0 Å². The molecule has 0 saturated carbocycles. The topological polar surface area (TPSA) is 161 Å². The number of ether oxygens (including phenoxy) is 2. The molecule has 3 aromatic rings. The first-order valence-electron chi connectivity index (χ1n) is 10.8. The van der Waals surface area contributed by atoms with E-state index in [0.29, 0.717) is 29.2 Å². The number of hydrogen-bond donors (Lipinski definition) is 4. The first kappa shape index (κ1) is 23.8. The van der Waals surface area contributed by atoms with Crippen LogP contribution < -0.4 is 20.7 Å². The van der Waals surface area contributed by atoms with Crippen molar-refractivity contribution in [3.63, 3.8) is 0 Å². The summed E-state index contributed by atoms with van der Waals surface area (Å²) in [5, 5.41) is 23.6. The SMILES string of the molecule is COc1ccc(C[C@@H](N)C(=O)N[C@H]2[C@@H](O)[C@@H](n3cnc4c(N(C)C)ncnc43)O[C@H]2CO)cc1. The largest absolute Gasteiger partial charge is 0.497 e. The Kier molecular flexibility index (Phi) is 6.93. The number of nitrogens with one attached hydrogen (secondary N) is 1. The van der Waals surface area contributed by atoms with Crippen LogP contribution >= 0.6 is 0 Å². The molecule has 1 aromatic carbocycles. The van der Waals surface area contributed by atoms with Crippen LogP contribution in [0.25, 0.3) is 11.2 Å². The predicted molar refractivity (Wildman–Crippen MR) is 123 cm³/mol. The lowest BCUT2D eigenvalue weighted by Gasteiger charge is -2.23. The zero-order valence-corrected chi connectivity index (χ0v) is 19.2. The van der Waals surface area contributed by atoms with Gasteiger partial charge in [-0.1, -0.05) is 12.1 Å². The van der Waals surface area contributed by atoms with Gasteiger partial charge in [0.1, 0.15) is 24.3 Å². The van der Waals surface area contributed by atoms with Gasteiger partial charge in [0.15, 0.2) is 23.2 Å². The molecule has 4 rings (SSSR count). The van der Waals surface area contributed by atoms with Crippen LogP contribution in [0.1, 0.15) is 11.8 Å². The van der Waals surface area contributed by atoms with Gasteiger partial charge in [-0.2, -0.15) is 0 Å². The van der Waals surface area contributed by atoms with Crippen LogP contribution in [0.15, 0.2) is 36.9 Å². The lowest BCUT2D eigenvalue weighted by Crippen LogP contribution is -2.53.